The van der Waals surface area contributed by atoms with E-state index in [2.05, 4.69) is 9.47 Å². The standard InChI is InChI=1S/C22H20F8O3/c1-2-3-13-5-4-12(11-31-13)15-7-8-16(20(25)19(15)24)21(26,27)32-14-6-9-18(17(23)10-14)33-22(28,29)30/h6-10,12-13H,2-5,11H2,1H3. The van der Waals surface area contributed by atoms with Crippen LogP contribution in [0.25, 0.3) is 0 Å². The van der Waals surface area contributed by atoms with E-state index >= 15 is 0 Å². The SMILES string of the molecule is CCCC1CCC(c2ccc(C(F)(F)Oc3ccc(OC(F)(F)F)c(F)c3)c(F)c2F)CO1. The Hall–Kier alpha value is -2.56. The first-order valence-corrected chi connectivity index (χ1v) is 10.1. The fourth-order valence-electron chi connectivity index (χ4n) is 3.66. The Morgan fingerprint density at radius 1 is 0.939 bits per heavy atom. The lowest BCUT2D eigenvalue weighted by molar-refractivity contribution is -0.275. The Morgan fingerprint density at radius 2 is 1.67 bits per heavy atom. The first-order valence-electron chi connectivity index (χ1n) is 10.1. The van der Waals surface area contributed by atoms with Gasteiger partial charge >= 0.3 is 12.5 Å². The third-order valence-electron chi connectivity index (χ3n) is 5.22. The van der Waals surface area contributed by atoms with Gasteiger partial charge in [0.05, 0.1) is 12.7 Å². The second-order valence-corrected chi connectivity index (χ2v) is 7.61. The van der Waals surface area contributed by atoms with E-state index in [0.717, 1.165) is 18.9 Å². The molecule has 0 aromatic heterocycles. The highest BCUT2D eigenvalue weighted by Gasteiger charge is 2.40. The van der Waals surface area contributed by atoms with E-state index in [1.807, 2.05) is 6.92 Å². The third-order valence-corrected chi connectivity index (χ3v) is 5.22. The molecule has 1 aliphatic rings. The Kier molecular flexibility index (Phi) is 7.40. The molecule has 3 nitrogen and oxygen atoms in total. The number of hydrogen-bond donors (Lipinski definition) is 0. The van der Waals surface area contributed by atoms with Crippen LogP contribution in [0.1, 0.15) is 49.7 Å². The van der Waals surface area contributed by atoms with Gasteiger partial charge in [0.2, 0.25) is 0 Å². The number of benzene rings is 2. The van der Waals surface area contributed by atoms with Gasteiger partial charge in [0.1, 0.15) is 11.3 Å². The molecule has 3 rings (SSSR count). The predicted octanol–water partition coefficient (Wildman–Crippen LogP) is 7.19. The zero-order valence-electron chi connectivity index (χ0n) is 17.3. The smallest absolute Gasteiger partial charge is 0.429 e. The molecule has 182 valence electrons. The molecule has 1 aliphatic heterocycles. The van der Waals surface area contributed by atoms with Crippen LogP contribution in [0.5, 0.6) is 11.5 Å². The number of alkyl halides is 5. The van der Waals surface area contributed by atoms with Crippen molar-refractivity contribution in [2.45, 2.75) is 57.1 Å². The summed E-state index contributed by atoms with van der Waals surface area (Å²) < 4.78 is 122. The van der Waals surface area contributed by atoms with Gasteiger partial charge < -0.3 is 14.2 Å². The molecule has 0 aliphatic carbocycles. The first-order chi connectivity index (χ1) is 15.4. The van der Waals surface area contributed by atoms with Crippen LogP contribution in [0.2, 0.25) is 0 Å². The van der Waals surface area contributed by atoms with E-state index in [1.54, 1.807) is 0 Å². The molecular weight excluding hydrogens is 464 g/mol. The van der Waals surface area contributed by atoms with Gasteiger partial charge in [-0.1, -0.05) is 19.4 Å². The minimum Gasteiger partial charge on any atom is -0.429 e. The summed E-state index contributed by atoms with van der Waals surface area (Å²) in [7, 11) is 0. The maximum absolute atomic E-state index is 14.6. The van der Waals surface area contributed by atoms with Crippen LogP contribution >= 0.6 is 0 Å². The number of hydrogen-bond acceptors (Lipinski definition) is 3. The highest BCUT2D eigenvalue weighted by molar-refractivity contribution is 5.35. The number of rotatable bonds is 7. The molecule has 0 bridgehead atoms. The molecule has 2 aromatic carbocycles. The summed E-state index contributed by atoms with van der Waals surface area (Å²) in [6.07, 6.45) is -6.77. The molecule has 11 heteroatoms. The molecular formula is C22H20F8O3. The summed E-state index contributed by atoms with van der Waals surface area (Å²) in [4.78, 5) is 0. The minimum atomic E-state index is -5.20. The molecule has 1 heterocycles. The highest BCUT2D eigenvalue weighted by atomic mass is 19.4. The summed E-state index contributed by atoms with van der Waals surface area (Å²) in [5.41, 5.74) is -1.55. The van der Waals surface area contributed by atoms with Crippen molar-refractivity contribution < 1.29 is 49.3 Å². The van der Waals surface area contributed by atoms with Crippen molar-refractivity contribution in [3.63, 3.8) is 0 Å². The van der Waals surface area contributed by atoms with Crippen LogP contribution in [0.15, 0.2) is 30.3 Å². The Labute approximate surface area is 184 Å². The lowest BCUT2D eigenvalue weighted by Crippen LogP contribution is -2.27. The summed E-state index contributed by atoms with van der Waals surface area (Å²) >= 11 is 0. The first kappa shape index (κ1) is 25.1. The lowest BCUT2D eigenvalue weighted by atomic mass is 9.89. The molecule has 0 amide bonds. The molecule has 2 unspecified atom stereocenters. The second kappa shape index (κ2) is 9.74. The van der Waals surface area contributed by atoms with Crippen molar-refractivity contribution in [3.05, 3.63) is 58.9 Å². The van der Waals surface area contributed by atoms with Gasteiger partial charge in [0, 0.05) is 12.0 Å². The minimum absolute atomic E-state index is 0.0180. The Morgan fingerprint density at radius 3 is 2.24 bits per heavy atom. The van der Waals surface area contributed by atoms with E-state index in [1.165, 1.54) is 0 Å². The topological polar surface area (TPSA) is 27.7 Å². The predicted molar refractivity (Wildman–Crippen MR) is 101 cm³/mol. The zero-order chi connectivity index (χ0) is 24.4. The van der Waals surface area contributed by atoms with Crippen LogP contribution in [-0.4, -0.2) is 19.1 Å². The summed E-state index contributed by atoms with van der Waals surface area (Å²) in [6, 6.07) is 2.88. The average Bonchev–Trinajstić information content (AvgIpc) is 2.72. The summed E-state index contributed by atoms with van der Waals surface area (Å²) in [5.74, 6) is -7.65. The fraction of sp³-hybridized carbons (Fsp3) is 0.455. The van der Waals surface area contributed by atoms with Crippen molar-refractivity contribution in [2.24, 2.45) is 0 Å². The fourth-order valence-corrected chi connectivity index (χ4v) is 3.66. The van der Waals surface area contributed by atoms with Gasteiger partial charge in [0.25, 0.3) is 0 Å². The molecule has 0 spiro atoms. The largest absolute Gasteiger partial charge is 0.573 e. The molecule has 1 fully saturated rings. The van der Waals surface area contributed by atoms with Crippen molar-refractivity contribution in [2.75, 3.05) is 6.61 Å². The zero-order valence-corrected chi connectivity index (χ0v) is 17.3. The number of halogens is 8. The van der Waals surface area contributed by atoms with E-state index in [-0.39, 0.29) is 24.3 Å². The van der Waals surface area contributed by atoms with Gasteiger partial charge in [0.15, 0.2) is 23.2 Å². The van der Waals surface area contributed by atoms with Crippen LogP contribution in [0, 0.1) is 17.5 Å². The van der Waals surface area contributed by atoms with Gasteiger partial charge in [-0.15, -0.1) is 13.2 Å². The maximum atomic E-state index is 14.6. The molecule has 0 N–H and O–H groups in total. The van der Waals surface area contributed by atoms with E-state index in [0.29, 0.717) is 31.0 Å². The van der Waals surface area contributed by atoms with Crippen LogP contribution in [0.3, 0.4) is 0 Å². The van der Waals surface area contributed by atoms with Gasteiger partial charge in [-0.05, 0) is 43.0 Å². The lowest BCUT2D eigenvalue weighted by Gasteiger charge is -2.30. The van der Waals surface area contributed by atoms with Crippen LogP contribution in [0.4, 0.5) is 35.1 Å². The highest BCUT2D eigenvalue weighted by Crippen LogP contribution is 2.39. The monoisotopic (exact) mass is 484 g/mol. The van der Waals surface area contributed by atoms with Gasteiger partial charge in [-0.2, -0.15) is 8.78 Å². The van der Waals surface area contributed by atoms with Crippen LogP contribution in [-0.2, 0) is 10.8 Å². The molecule has 0 radical (unpaired) electrons. The normalized spacial score (nSPS) is 19.4. The van der Waals surface area contributed by atoms with Crippen molar-refractivity contribution in [3.8, 4) is 11.5 Å². The Bertz CT molecular complexity index is 969. The van der Waals surface area contributed by atoms with Crippen LogP contribution < -0.4 is 9.47 Å². The molecule has 2 aromatic rings. The third kappa shape index (κ3) is 6.07. The van der Waals surface area contributed by atoms with Gasteiger partial charge in [-0.25, -0.2) is 13.2 Å². The molecule has 33 heavy (non-hydrogen) atoms. The Balaban J connectivity index is 1.77. The van der Waals surface area contributed by atoms with E-state index in [4.69, 9.17) is 4.74 Å². The quantitative estimate of drug-likeness (QED) is 0.389. The van der Waals surface area contributed by atoms with Crippen molar-refractivity contribution >= 4 is 0 Å². The summed E-state index contributed by atoms with van der Waals surface area (Å²) in [6.45, 7) is 2.11. The maximum Gasteiger partial charge on any atom is 0.573 e. The summed E-state index contributed by atoms with van der Waals surface area (Å²) in [5, 5.41) is 0. The second-order valence-electron chi connectivity index (χ2n) is 7.61. The number of ether oxygens (including phenoxy) is 3. The average molecular weight is 484 g/mol. The van der Waals surface area contributed by atoms with Crippen molar-refractivity contribution in [1.82, 2.24) is 0 Å². The van der Waals surface area contributed by atoms with Gasteiger partial charge in [-0.3, -0.25) is 0 Å². The molecule has 1 saturated heterocycles. The van der Waals surface area contributed by atoms with E-state index in [9.17, 15) is 35.1 Å². The molecule has 2 atom stereocenters. The van der Waals surface area contributed by atoms with E-state index < -0.39 is 52.9 Å². The molecule has 0 saturated carbocycles. The van der Waals surface area contributed by atoms with Crippen molar-refractivity contribution in [1.29, 1.82) is 0 Å².